The van der Waals surface area contributed by atoms with Gasteiger partial charge in [0.15, 0.2) is 0 Å². The lowest BCUT2D eigenvalue weighted by molar-refractivity contribution is 1.26. The van der Waals surface area contributed by atoms with E-state index in [1.165, 1.54) is 0 Å². The van der Waals surface area contributed by atoms with E-state index in [1.54, 1.807) is 12.3 Å². The maximum absolute atomic E-state index is 8.78. The predicted molar refractivity (Wildman–Crippen MR) is 74.1 cm³/mol. The lowest BCUT2D eigenvalue weighted by atomic mass is 10.3. The standard InChI is InChI=1S/C12H7Br2N3/c13-10-2-1-3-11(14)12(10)17-8-4-5-16-9(6-8)7-15/h1-6H,(H,16,17). The molecule has 1 heterocycles. The van der Waals surface area contributed by atoms with Gasteiger partial charge in [-0.2, -0.15) is 5.26 Å². The molecule has 0 unspecified atom stereocenters. The first-order valence-electron chi connectivity index (χ1n) is 4.78. The van der Waals surface area contributed by atoms with Crippen molar-refractivity contribution in [3.05, 3.63) is 51.2 Å². The number of anilines is 2. The van der Waals surface area contributed by atoms with Crippen molar-refractivity contribution in [1.29, 1.82) is 5.26 Å². The zero-order chi connectivity index (χ0) is 12.3. The van der Waals surface area contributed by atoms with Gasteiger partial charge < -0.3 is 5.32 Å². The Morgan fingerprint density at radius 3 is 2.53 bits per heavy atom. The first-order valence-corrected chi connectivity index (χ1v) is 6.36. The van der Waals surface area contributed by atoms with Gasteiger partial charge in [0.2, 0.25) is 0 Å². The molecule has 5 heteroatoms. The second-order valence-corrected chi connectivity index (χ2v) is 4.97. The average molecular weight is 353 g/mol. The largest absolute Gasteiger partial charge is 0.354 e. The van der Waals surface area contributed by atoms with Crippen molar-refractivity contribution in [3.8, 4) is 6.07 Å². The topological polar surface area (TPSA) is 48.7 Å². The monoisotopic (exact) mass is 351 g/mol. The summed E-state index contributed by atoms with van der Waals surface area (Å²) in [6, 6.07) is 11.3. The van der Waals surface area contributed by atoms with Crippen molar-refractivity contribution in [3.63, 3.8) is 0 Å². The number of rotatable bonds is 2. The van der Waals surface area contributed by atoms with Gasteiger partial charge in [-0.1, -0.05) is 6.07 Å². The van der Waals surface area contributed by atoms with Gasteiger partial charge in [-0.05, 0) is 56.1 Å². The van der Waals surface area contributed by atoms with E-state index in [4.69, 9.17) is 5.26 Å². The van der Waals surface area contributed by atoms with Crippen LogP contribution < -0.4 is 5.32 Å². The maximum atomic E-state index is 8.78. The fraction of sp³-hybridized carbons (Fsp3) is 0. The van der Waals surface area contributed by atoms with Gasteiger partial charge in [-0.15, -0.1) is 0 Å². The molecule has 1 aromatic heterocycles. The molecule has 0 bridgehead atoms. The van der Waals surface area contributed by atoms with Crippen LogP contribution in [0.4, 0.5) is 11.4 Å². The summed E-state index contributed by atoms with van der Waals surface area (Å²) in [7, 11) is 0. The highest BCUT2D eigenvalue weighted by Gasteiger charge is 2.05. The van der Waals surface area contributed by atoms with Crippen LogP contribution in [0, 0.1) is 11.3 Å². The molecular formula is C12H7Br2N3. The number of hydrogen-bond donors (Lipinski definition) is 1. The molecule has 84 valence electrons. The van der Waals surface area contributed by atoms with E-state index in [0.29, 0.717) is 5.69 Å². The van der Waals surface area contributed by atoms with Gasteiger partial charge in [0, 0.05) is 20.8 Å². The van der Waals surface area contributed by atoms with Crippen LogP contribution in [0.1, 0.15) is 5.69 Å². The number of hydrogen-bond acceptors (Lipinski definition) is 3. The van der Waals surface area contributed by atoms with E-state index >= 15 is 0 Å². The smallest absolute Gasteiger partial charge is 0.142 e. The Morgan fingerprint density at radius 2 is 1.88 bits per heavy atom. The quantitative estimate of drug-likeness (QED) is 0.880. The number of halogens is 2. The Kier molecular flexibility index (Phi) is 3.77. The molecule has 2 rings (SSSR count). The first kappa shape index (κ1) is 12.1. The summed E-state index contributed by atoms with van der Waals surface area (Å²) in [4.78, 5) is 3.92. The van der Waals surface area contributed by atoms with Gasteiger partial charge in [0.25, 0.3) is 0 Å². The van der Waals surface area contributed by atoms with Crippen LogP contribution in [0.3, 0.4) is 0 Å². The summed E-state index contributed by atoms with van der Waals surface area (Å²) in [6.45, 7) is 0. The van der Waals surface area contributed by atoms with Crippen molar-refractivity contribution in [2.24, 2.45) is 0 Å². The highest BCUT2D eigenvalue weighted by atomic mass is 79.9. The maximum Gasteiger partial charge on any atom is 0.142 e. The van der Waals surface area contributed by atoms with Gasteiger partial charge >= 0.3 is 0 Å². The van der Waals surface area contributed by atoms with Crippen molar-refractivity contribution in [2.75, 3.05) is 5.32 Å². The minimum absolute atomic E-state index is 0.387. The highest BCUT2D eigenvalue weighted by molar-refractivity contribution is 9.11. The summed E-state index contributed by atoms with van der Waals surface area (Å²) >= 11 is 6.93. The lowest BCUT2D eigenvalue weighted by Crippen LogP contribution is -1.94. The molecule has 2 aromatic rings. The van der Waals surface area contributed by atoms with Crippen LogP contribution >= 0.6 is 31.9 Å². The van der Waals surface area contributed by atoms with Crippen LogP contribution in [0.15, 0.2) is 45.5 Å². The molecule has 0 atom stereocenters. The van der Waals surface area contributed by atoms with E-state index in [1.807, 2.05) is 30.3 Å². The number of pyridine rings is 1. The molecule has 3 nitrogen and oxygen atoms in total. The van der Waals surface area contributed by atoms with Gasteiger partial charge in [0.1, 0.15) is 11.8 Å². The molecule has 0 fully saturated rings. The fourth-order valence-electron chi connectivity index (χ4n) is 1.33. The normalized spacial score (nSPS) is 9.71. The second kappa shape index (κ2) is 5.30. The van der Waals surface area contributed by atoms with Crippen LogP contribution in [-0.4, -0.2) is 4.98 Å². The van der Waals surface area contributed by atoms with E-state index in [0.717, 1.165) is 20.3 Å². The number of benzene rings is 1. The predicted octanol–water partition coefficient (Wildman–Crippen LogP) is 4.22. The van der Waals surface area contributed by atoms with Gasteiger partial charge in [0.05, 0.1) is 5.69 Å². The highest BCUT2D eigenvalue weighted by Crippen LogP contribution is 2.32. The minimum atomic E-state index is 0.387. The fourth-order valence-corrected chi connectivity index (χ4v) is 2.53. The van der Waals surface area contributed by atoms with Crippen molar-refractivity contribution in [1.82, 2.24) is 4.98 Å². The van der Waals surface area contributed by atoms with Crippen LogP contribution in [0.5, 0.6) is 0 Å². The molecule has 1 N–H and O–H groups in total. The molecule has 0 saturated heterocycles. The summed E-state index contributed by atoms with van der Waals surface area (Å²) in [5.41, 5.74) is 2.13. The molecule has 0 aliphatic carbocycles. The SMILES string of the molecule is N#Cc1cc(Nc2c(Br)cccc2Br)ccn1. The Hall–Kier alpha value is -1.38. The minimum Gasteiger partial charge on any atom is -0.354 e. The average Bonchev–Trinajstić information content (AvgIpc) is 2.34. The van der Waals surface area contributed by atoms with Crippen LogP contribution in [0.25, 0.3) is 0 Å². The summed E-state index contributed by atoms with van der Waals surface area (Å²) in [6.07, 6.45) is 1.60. The van der Waals surface area contributed by atoms with E-state index in [-0.39, 0.29) is 0 Å². The van der Waals surface area contributed by atoms with Gasteiger partial charge in [-0.25, -0.2) is 4.98 Å². The Bertz CT molecular complexity index is 570. The van der Waals surface area contributed by atoms with Crippen molar-refractivity contribution >= 4 is 43.2 Å². The molecule has 0 saturated carbocycles. The third-order valence-corrected chi connectivity index (χ3v) is 3.43. The number of nitrogens with one attached hydrogen (secondary N) is 1. The first-order chi connectivity index (χ1) is 8.20. The molecular weight excluding hydrogens is 346 g/mol. The van der Waals surface area contributed by atoms with Crippen molar-refractivity contribution < 1.29 is 0 Å². The summed E-state index contributed by atoms with van der Waals surface area (Å²) < 4.78 is 1.89. The van der Waals surface area contributed by atoms with Gasteiger partial charge in [-0.3, -0.25) is 0 Å². The molecule has 0 amide bonds. The molecule has 17 heavy (non-hydrogen) atoms. The number of para-hydroxylation sites is 1. The number of nitrogens with zero attached hydrogens (tertiary/aromatic N) is 2. The lowest BCUT2D eigenvalue weighted by Gasteiger charge is -2.10. The summed E-state index contributed by atoms with van der Waals surface area (Å²) in [5.74, 6) is 0. The zero-order valence-corrected chi connectivity index (χ0v) is 11.8. The number of nitriles is 1. The van der Waals surface area contributed by atoms with E-state index in [9.17, 15) is 0 Å². The second-order valence-electron chi connectivity index (χ2n) is 3.26. The number of aromatic nitrogens is 1. The van der Waals surface area contributed by atoms with Crippen LogP contribution in [-0.2, 0) is 0 Å². The van der Waals surface area contributed by atoms with Crippen molar-refractivity contribution in [2.45, 2.75) is 0 Å². The molecule has 1 aromatic carbocycles. The summed E-state index contributed by atoms with van der Waals surface area (Å²) in [5, 5.41) is 12.0. The molecule has 0 aliphatic rings. The Labute approximate surface area is 116 Å². The van der Waals surface area contributed by atoms with E-state index < -0.39 is 0 Å². The zero-order valence-electron chi connectivity index (χ0n) is 8.61. The third kappa shape index (κ3) is 2.84. The Balaban J connectivity index is 2.35. The molecule has 0 aliphatic heterocycles. The molecule has 0 spiro atoms. The Morgan fingerprint density at radius 1 is 1.18 bits per heavy atom. The van der Waals surface area contributed by atoms with Crippen LogP contribution in [0.2, 0.25) is 0 Å². The van der Waals surface area contributed by atoms with E-state index in [2.05, 4.69) is 42.2 Å². The third-order valence-electron chi connectivity index (χ3n) is 2.11. The molecule has 0 radical (unpaired) electrons.